The number of benzene rings is 1. The van der Waals surface area contributed by atoms with Crippen molar-refractivity contribution in [3.05, 3.63) is 66.5 Å². The van der Waals surface area contributed by atoms with Crippen LogP contribution in [0.5, 0.6) is 0 Å². The number of anilines is 2. The summed E-state index contributed by atoms with van der Waals surface area (Å²) in [5.74, 6) is 1.26. The van der Waals surface area contributed by atoms with Crippen LogP contribution < -0.4 is 5.32 Å². The number of fused-ring (bicyclic) bond motifs is 1. The van der Waals surface area contributed by atoms with Crippen LogP contribution >= 0.6 is 0 Å². The van der Waals surface area contributed by atoms with Gasteiger partial charge in [-0.25, -0.2) is 13.4 Å². The van der Waals surface area contributed by atoms with Crippen molar-refractivity contribution in [2.75, 3.05) is 18.4 Å². The van der Waals surface area contributed by atoms with Crippen molar-refractivity contribution in [3.63, 3.8) is 0 Å². The number of hydrogen-bond acceptors (Lipinski definition) is 6. The second kappa shape index (κ2) is 7.93. The van der Waals surface area contributed by atoms with Crippen molar-refractivity contribution < 1.29 is 8.42 Å². The van der Waals surface area contributed by atoms with Crippen molar-refractivity contribution in [3.8, 4) is 11.4 Å². The Morgan fingerprint density at radius 3 is 2.42 bits per heavy atom. The van der Waals surface area contributed by atoms with Gasteiger partial charge in [0.1, 0.15) is 5.82 Å². The Balaban J connectivity index is 1.36. The Bertz CT molecular complexity index is 1410. The molecule has 2 aliphatic rings. The highest BCUT2D eigenvalue weighted by Gasteiger charge is 2.28. The number of rotatable bonds is 6. The molecular weight excluding hydrogens is 436 g/mol. The van der Waals surface area contributed by atoms with E-state index in [1.807, 2.05) is 34.8 Å². The molecule has 1 saturated carbocycles. The lowest BCUT2D eigenvalue weighted by atomic mass is 10.2. The third kappa shape index (κ3) is 3.87. The molecule has 0 radical (unpaired) electrons. The zero-order valence-corrected chi connectivity index (χ0v) is 18.9. The lowest BCUT2D eigenvalue weighted by Gasteiger charge is -2.16. The van der Waals surface area contributed by atoms with E-state index >= 15 is 0 Å². The first kappa shape index (κ1) is 20.3. The number of pyridine rings is 1. The first-order chi connectivity index (χ1) is 16.1. The number of hydrogen-bond donors (Lipinski definition) is 1. The fourth-order valence-electron chi connectivity index (χ4n) is 4.24. The maximum atomic E-state index is 12.8. The van der Waals surface area contributed by atoms with E-state index in [0.29, 0.717) is 23.9 Å². The van der Waals surface area contributed by atoms with Gasteiger partial charge in [0, 0.05) is 43.0 Å². The smallest absolute Gasteiger partial charge is 0.243 e. The van der Waals surface area contributed by atoms with Crippen LogP contribution in [0.25, 0.3) is 17.0 Å². The molecule has 0 atom stereocenters. The Hall–Kier alpha value is -3.30. The summed E-state index contributed by atoms with van der Waals surface area (Å²) < 4.78 is 29.0. The number of nitrogens with one attached hydrogen (secondary N) is 1. The number of nitrogens with zero attached hydrogens (tertiary/aromatic N) is 5. The molecule has 1 N–H and O–H groups in total. The molecule has 1 aromatic carbocycles. The van der Waals surface area contributed by atoms with Gasteiger partial charge in [-0.2, -0.15) is 13.9 Å². The van der Waals surface area contributed by atoms with E-state index in [0.717, 1.165) is 59.9 Å². The molecule has 4 aromatic rings. The highest BCUT2D eigenvalue weighted by molar-refractivity contribution is 7.89. The van der Waals surface area contributed by atoms with Crippen molar-refractivity contribution in [1.82, 2.24) is 23.9 Å². The summed E-state index contributed by atoms with van der Waals surface area (Å²) in [6.07, 6.45) is 5.91. The fourth-order valence-corrected chi connectivity index (χ4v) is 5.76. The zero-order chi connectivity index (χ0) is 22.4. The van der Waals surface area contributed by atoms with E-state index in [4.69, 9.17) is 10.1 Å². The van der Waals surface area contributed by atoms with Crippen LogP contribution in [0.1, 0.15) is 37.3 Å². The standard InChI is InChI=1S/C24H24N6O2S/c31-33(32,29-13-3-4-14-29)19-10-8-18(9-11-19)26-23-16-22(20-5-1-2-12-25-20)27-24-15-21(17-6-7-17)28-30(23)24/h1-2,5,8-12,15-17,26H,3-4,6-7,13-14H2. The molecule has 0 spiro atoms. The molecule has 33 heavy (non-hydrogen) atoms. The third-order valence-corrected chi connectivity index (χ3v) is 8.11. The summed E-state index contributed by atoms with van der Waals surface area (Å²) >= 11 is 0. The van der Waals surface area contributed by atoms with Crippen LogP contribution in [0.15, 0.2) is 65.7 Å². The van der Waals surface area contributed by atoms with Crippen LogP contribution in [0.3, 0.4) is 0 Å². The minimum atomic E-state index is -3.44. The molecule has 1 aliphatic heterocycles. The second-order valence-corrected chi connectivity index (χ2v) is 10.6. The summed E-state index contributed by atoms with van der Waals surface area (Å²) in [4.78, 5) is 9.54. The van der Waals surface area contributed by atoms with Gasteiger partial charge in [-0.3, -0.25) is 4.98 Å². The van der Waals surface area contributed by atoms with Gasteiger partial charge in [0.2, 0.25) is 10.0 Å². The van der Waals surface area contributed by atoms with Crippen molar-refractivity contribution in [2.24, 2.45) is 0 Å². The van der Waals surface area contributed by atoms with Crippen LogP contribution in [-0.2, 0) is 10.0 Å². The lowest BCUT2D eigenvalue weighted by molar-refractivity contribution is 0.477. The first-order valence-electron chi connectivity index (χ1n) is 11.3. The van der Waals surface area contributed by atoms with E-state index in [2.05, 4.69) is 10.3 Å². The van der Waals surface area contributed by atoms with Gasteiger partial charge in [0.25, 0.3) is 0 Å². The van der Waals surface area contributed by atoms with Crippen molar-refractivity contribution in [2.45, 2.75) is 36.5 Å². The molecule has 2 fully saturated rings. The van der Waals surface area contributed by atoms with E-state index in [1.165, 1.54) is 0 Å². The van der Waals surface area contributed by atoms with Gasteiger partial charge >= 0.3 is 0 Å². The van der Waals surface area contributed by atoms with Gasteiger partial charge in [-0.05, 0) is 62.1 Å². The van der Waals surface area contributed by atoms with Gasteiger partial charge < -0.3 is 5.32 Å². The molecule has 0 amide bonds. The predicted molar refractivity (Wildman–Crippen MR) is 126 cm³/mol. The van der Waals surface area contributed by atoms with Crippen molar-refractivity contribution in [1.29, 1.82) is 0 Å². The van der Waals surface area contributed by atoms with Crippen LogP contribution in [0.2, 0.25) is 0 Å². The largest absolute Gasteiger partial charge is 0.340 e. The maximum Gasteiger partial charge on any atom is 0.243 e. The van der Waals surface area contributed by atoms with E-state index < -0.39 is 10.0 Å². The summed E-state index contributed by atoms with van der Waals surface area (Å²) in [7, 11) is -3.44. The van der Waals surface area contributed by atoms with Gasteiger partial charge in [-0.15, -0.1) is 0 Å². The Morgan fingerprint density at radius 1 is 0.939 bits per heavy atom. The molecule has 1 aliphatic carbocycles. The summed E-state index contributed by atoms with van der Waals surface area (Å²) in [6, 6.07) is 16.6. The fraction of sp³-hybridized carbons (Fsp3) is 0.292. The predicted octanol–water partition coefficient (Wildman–Crippen LogP) is 4.20. The van der Waals surface area contributed by atoms with Crippen LogP contribution in [0.4, 0.5) is 11.5 Å². The Labute approximate surface area is 192 Å². The molecule has 4 heterocycles. The molecule has 1 saturated heterocycles. The van der Waals surface area contributed by atoms with Gasteiger partial charge in [-0.1, -0.05) is 6.07 Å². The minimum absolute atomic E-state index is 0.319. The zero-order valence-electron chi connectivity index (χ0n) is 18.1. The number of aromatic nitrogens is 4. The SMILES string of the molecule is O=S(=O)(c1ccc(Nc2cc(-c3ccccn3)nc3cc(C4CC4)nn23)cc1)N1CCCC1. The molecule has 3 aromatic heterocycles. The van der Waals surface area contributed by atoms with Crippen LogP contribution in [0, 0.1) is 0 Å². The first-order valence-corrected chi connectivity index (χ1v) is 12.7. The Kier molecular flexibility index (Phi) is 4.88. The highest BCUT2D eigenvalue weighted by atomic mass is 32.2. The van der Waals surface area contributed by atoms with Gasteiger partial charge in [0.15, 0.2) is 5.65 Å². The third-order valence-electron chi connectivity index (χ3n) is 6.20. The molecule has 0 unspecified atom stereocenters. The minimum Gasteiger partial charge on any atom is -0.340 e. The second-order valence-electron chi connectivity index (χ2n) is 8.62. The van der Waals surface area contributed by atoms with Crippen LogP contribution in [-0.4, -0.2) is 45.4 Å². The molecule has 168 valence electrons. The summed E-state index contributed by atoms with van der Waals surface area (Å²) in [6.45, 7) is 1.19. The molecule has 9 heteroatoms. The Morgan fingerprint density at radius 2 is 1.73 bits per heavy atom. The summed E-state index contributed by atoms with van der Waals surface area (Å²) in [5, 5.41) is 8.19. The molecular formula is C24H24N6O2S. The lowest BCUT2D eigenvalue weighted by Crippen LogP contribution is -2.27. The maximum absolute atomic E-state index is 12.8. The van der Waals surface area contributed by atoms with Gasteiger partial charge in [0.05, 0.1) is 22.0 Å². The normalized spacial score (nSPS) is 17.0. The van der Waals surface area contributed by atoms with E-state index in [9.17, 15) is 8.42 Å². The quantitative estimate of drug-likeness (QED) is 0.464. The van der Waals surface area contributed by atoms with E-state index in [-0.39, 0.29) is 0 Å². The highest BCUT2D eigenvalue weighted by Crippen LogP contribution is 2.40. The average molecular weight is 461 g/mol. The molecule has 0 bridgehead atoms. The number of sulfonamides is 1. The topological polar surface area (TPSA) is 92.5 Å². The molecule has 8 nitrogen and oxygen atoms in total. The monoisotopic (exact) mass is 460 g/mol. The molecule has 6 rings (SSSR count). The average Bonchev–Trinajstić information content (AvgIpc) is 3.34. The van der Waals surface area contributed by atoms with E-state index in [1.54, 1.807) is 34.8 Å². The van der Waals surface area contributed by atoms with Crippen molar-refractivity contribution >= 4 is 27.2 Å². The summed E-state index contributed by atoms with van der Waals surface area (Å²) in [5.41, 5.74) is 4.12.